The average Bonchev–Trinajstić information content (AvgIpc) is 2.13. The van der Waals surface area contributed by atoms with E-state index in [9.17, 15) is 9.18 Å². The van der Waals surface area contributed by atoms with Crippen molar-refractivity contribution in [2.45, 2.75) is 0 Å². The molecule has 0 radical (unpaired) electrons. The molecule has 4 N–H and O–H groups in total. The summed E-state index contributed by atoms with van der Waals surface area (Å²) in [6.45, 7) is 0. The van der Waals surface area contributed by atoms with Crippen LogP contribution in [0.2, 0.25) is 0 Å². The Balaban J connectivity index is 3.26. The van der Waals surface area contributed by atoms with Gasteiger partial charge in [0.25, 0.3) is 0 Å². The van der Waals surface area contributed by atoms with Gasteiger partial charge in [-0.25, -0.2) is 9.18 Å². The van der Waals surface area contributed by atoms with Gasteiger partial charge in [0.05, 0.1) is 24.0 Å². The van der Waals surface area contributed by atoms with Gasteiger partial charge in [-0.2, -0.15) is 0 Å². The summed E-state index contributed by atoms with van der Waals surface area (Å²) in [6, 6.07) is 2.58. The molecule has 0 bridgehead atoms. The fraction of sp³-hybridized carbons (Fsp3) is 0.125. The number of anilines is 2. The quantitative estimate of drug-likeness (QED) is 0.499. The summed E-state index contributed by atoms with van der Waals surface area (Å²) in [5.41, 5.74) is 10.1. The zero-order valence-electron chi connectivity index (χ0n) is 7.00. The predicted molar refractivity (Wildman–Crippen MR) is 46.6 cm³/mol. The first kappa shape index (κ1) is 9.31. The van der Waals surface area contributed by atoms with Gasteiger partial charge in [0.15, 0.2) is 5.82 Å². The normalized spacial score (nSPS) is 9.69. The number of methoxy groups -OCH3 is 1. The Labute approximate surface area is 74.3 Å². The second-order valence-corrected chi connectivity index (χ2v) is 2.42. The van der Waals surface area contributed by atoms with Crippen molar-refractivity contribution in [1.82, 2.24) is 0 Å². The van der Waals surface area contributed by atoms with E-state index in [-0.39, 0.29) is 16.9 Å². The van der Waals surface area contributed by atoms with Crippen LogP contribution in [0.15, 0.2) is 12.1 Å². The Morgan fingerprint density at radius 2 is 2.08 bits per heavy atom. The van der Waals surface area contributed by atoms with Crippen molar-refractivity contribution < 1.29 is 13.9 Å². The molecule has 0 saturated heterocycles. The highest BCUT2D eigenvalue weighted by atomic mass is 19.1. The van der Waals surface area contributed by atoms with Crippen LogP contribution in [-0.4, -0.2) is 13.1 Å². The van der Waals surface area contributed by atoms with Gasteiger partial charge in [0.2, 0.25) is 0 Å². The van der Waals surface area contributed by atoms with E-state index in [0.29, 0.717) is 0 Å². The first-order chi connectivity index (χ1) is 6.07. The fourth-order valence-electron chi connectivity index (χ4n) is 0.898. The maximum absolute atomic E-state index is 13.0. The van der Waals surface area contributed by atoms with E-state index < -0.39 is 11.8 Å². The number of halogens is 1. The number of carbonyl (C=O) groups excluding carboxylic acids is 1. The number of rotatable bonds is 1. The van der Waals surface area contributed by atoms with Crippen molar-refractivity contribution in [1.29, 1.82) is 0 Å². The Kier molecular flexibility index (Phi) is 2.36. The SMILES string of the molecule is COC(=O)c1ccc(N)c(F)c1N. The maximum Gasteiger partial charge on any atom is 0.340 e. The number of nitrogen functional groups attached to an aromatic ring is 2. The van der Waals surface area contributed by atoms with Crippen LogP contribution in [0.4, 0.5) is 15.8 Å². The zero-order valence-corrected chi connectivity index (χ0v) is 7.00. The predicted octanol–water partition coefficient (Wildman–Crippen LogP) is 0.777. The first-order valence-electron chi connectivity index (χ1n) is 3.49. The molecule has 5 heteroatoms. The van der Waals surface area contributed by atoms with E-state index >= 15 is 0 Å². The van der Waals surface area contributed by atoms with Crippen LogP contribution in [0, 0.1) is 5.82 Å². The number of nitrogens with two attached hydrogens (primary N) is 2. The van der Waals surface area contributed by atoms with Crippen molar-refractivity contribution in [3.8, 4) is 0 Å². The summed E-state index contributed by atoms with van der Waals surface area (Å²) in [5.74, 6) is -1.47. The van der Waals surface area contributed by atoms with Crippen LogP contribution in [0.5, 0.6) is 0 Å². The lowest BCUT2D eigenvalue weighted by Gasteiger charge is -2.05. The minimum atomic E-state index is -0.789. The number of ether oxygens (including phenoxy) is 1. The van der Waals surface area contributed by atoms with Crippen LogP contribution in [-0.2, 0) is 4.74 Å². The molecule has 1 aromatic rings. The van der Waals surface area contributed by atoms with E-state index in [1.54, 1.807) is 0 Å². The summed E-state index contributed by atoms with van der Waals surface area (Å²) < 4.78 is 17.4. The van der Waals surface area contributed by atoms with Crippen LogP contribution < -0.4 is 11.5 Å². The van der Waals surface area contributed by atoms with E-state index in [1.807, 2.05) is 0 Å². The van der Waals surface area contributed by atoms with Crippen molar-refractivity contribution >= 4 is 17.3 Å². The maximum atomic E-state index is 13.0. The van der Waals surface area contributed by atoms with Crippen LogP contribution in [0.25, 0.3) is 0 Å². The van der Waals surface area contributed by atoms with Gasteiger partial charge in [0, 0.05) is 0 Å². The Morgan fingerprint density at radius 1 is 1.46 bits per heavy atom. The third-order valence-corrected chi connectivity index (χ3v) is 1.61. The lowest BCUT2D eigenvalue weighted by Crippen LogP contribution is -2.08. The van der Waals surface area contributed by atoms with Crippen LogP contribution >= 0.6 is 0 Å². The monoisotopic (exact) mass is 184 g/mol. The zero-order chi connectivity index (χ0) is 10.0. The molecule has 0 spiro atoms. The second kappa shape index (κ2) is 3.30. The summed E-state index contributed by atoms with van der Waals surface area (Å²) in [5, 5.41) is 0. The molecule has 4 nitrogen and oxygen atoms in total. The molecule has 0 aromatic heterocycles. The number of esters is 1. The third-order valence-electron chi connectivity index (χ3n) is 1.61. The molecule has 0 aliphatic rings. The molecule has 13 heavy (non-hydrogen) atoms. The molecule has 1 aromatic carbocycles. The van der Waals surface area contributed by atoms with E-state index in [4.69, 9.17) is 11.5 Å². The van der Waals surface area contributed by atoms with Gasteiger partial charge < -0.3 is 16.2 Å². The fourth-order valence-corrected chi connectivity index (χ4v) is 0.898. The molecule has 70 valence electrons. The summed E-state index contributed by atoms with van der Waals surface area (Å²) >= 11 is 0. The molecule has 0 aliphatic carbocycles. The molecular formula is C8H9FN2O2. The minimum Gasteiger partial charge on any atom is -0.465 e. The number of hydrogen-bond acceptors (Lipinski definition) is 4. The van der Waals surface area contributed by atoms with Gasteiger partial charge in [-0.05, 0) is 12.1 Å². The summed E-state index contributed by atoms with van der Waals surface area (Å²) in [4.78, 5) is 11.0. The average molecular weight is 184 g/mol. The van der Waals surface area contributed by atoms with Gasteiger partial charge in [0.1, 0.15) is 0 Å². The highest BCUT2D eigenvalue weighted by Crippen LogP contribution is 2.22. The van der Waals surface area contributed by atoms with Crippen molar-refractivity contribution in [2.75, 3.05) is 18.6 Å². The first-order valence-corrected chi connectivity index (χ1v) is 3.49. The van der Waals surface area contributed by atoms with Gasteiger partial charge >= 0.3 is 5.97 Å². The van der Waals surface area contributed by atoms with Gasteiger partial charge in [-0.15, -0.1) is 0 Å². The molecule has 0 amide bonds. The Bertz CT molecular complexity index is 352. The van der Waals surface area contributed by atoms with Crippen LogP contribution in [0.3, 0.4) is 0 Å². The Hall–Kier alpha value is -1.78. The number of benzene rings is 1. The summed E-state index contributed by atoms with van der Waals surface area (Å²) in [7, 11) is 1.19. The number of carbonyl (C=O) groups is 1. The molecule has 0 saturated carbocycles. The Morgan fingerprint density at radius 3 is 2.62 bits per heavy atom. The van der Waals surface area contributed by atoms with Crippen molar-refractivity contribution in [2.24, 2.45) is 0 Å². The van der Waals surface area contributed by atoms with Crippen LogP contribution in [0.1, 0.15) is 10.4 Å². The molecule has 0 fully saturated rings. The standard InChI is InChI=1S/C8H9FN2O2/c1-13-8(12)4-2-3-5(10)6(9)7(4)11/h2-3H,10-11H2,1H3. The van der Waals surface area contributed by atoms with Crippen molar-refractivity contribution in [3.63, 3.8) is 0 Å². The van der Waals surface area contributed by atoms with E-state index in [1.165, 1.54) is 19.2 Å². The third kappa shape index (κ3) is 1.53. The highest BCUT2D eigenvalue weighted by molar-refractivity contribution is 5.95. The van der Waals surface area contributed by atoms with Gasteiger partial charge in [-0.3, -0.25) is 0 Å². The smallest absolute Gasteiger partial charge is 0.340 e. The molecule has 0 atom stereocenters. The minimum absolute atomic E-state index is 0.0193. The molecule has 0 unspecified atom stereocenters. The largest absolute Gasteiger partial charge is 0.465 e. The van der Waals surface area contributed by atoms with E-state index in [0.717, 1.165) is 0 Å². The molecular weight excluding hydrogens is 175 g/mol. The molecule has 1 rings (SSSR count). The highest BCUT2D eigenvalue weighted by Gasteiger charge is 2.14. The second-order valence-electron chi connectivity index (χ2n) is 2.42. The van der Waals surface area contributed by atoms with E-state index in [2.05, 4.69) is 4.74 Å². The molecule has 0 heterocycles. The lowest BCUT2D eigenvalue weighted by molar-refractivity contribution is 0.0601. The topological polar surface area (TPSA) is 78.3 Å². The summed E-state index contributed by atoms with van der Waals surface area (Å²) in [6.07, 6.45) is 0. The van der Waals surface area contributed by atoms with Gasteiger partial charge in [-0.1, -0.05) is 0 Å². The lowest BCUT2D eigenvalue weighted by atomic mass is 10.1. The molecule has 0 aliphatic heterocycles. The van der Waals surface area contributed by atoms with Crippen molar-refractivity contribution in [3.05, 3.63) is 23.5 Å². The number of hydrogen-bond donors (Lipinski definition) is 2.